The molecule has 0 aliphatic carbocycles. The molecule has 1 saturated heterocycles. The molecule has 2 aromatic carbocycles. The third-order valence-electron chi connectivity index (χ3n) is 4.17. The van der Waals surface area contributed by atoms with Crippen molar-refractivity contribution in [3.05, 3.63) is 59.7 Å². The van der Waals surface area contributed by atoms with E-state index in [9.17, 15) is 26.4 Å². The maximum atomic E-state index is 12.7. The normalized spacial score (nSPS) is 16.0. The first-order valence-corrected chi connectivity index (χ1v) is 9.78. The molecule has 3 rings (SSSR count). The van der Waals surface area contributed by atoms with Crippen molar-refractivity contribution in [2.24, 2.45) is 0 Å². The summed E-state index contributed by atoms with van der Waals surface area (Å²) in [7, 11) is -3.73. The Morgan fingerprint density at radius 2 is 1.68 bits per heavy atom. The van der Waals surface area contributed by atoms with Crippen molar-refractivity contribution in [1.29, 1.82) is 0 Å². The molecule has 0 radical (unpaired) electrons. The maximum Gasteiger partial charge on any atom is 0.416 e. The van der Waals surface area contributed by atoms with E-state index in [1.165, 1.54) is 28.6 Å². The zero-order valence-electron chi connectivity index (χ0n) is 14.6. The van der Waals surface area contributed by atoms with Crippen molar-refractivity contribution in [1.82, 2.24) is 4.31 Å². The highest BCUT2D eigenvalue weighted by Crippen LogP contribution is 2.29. The molecule has 0 spiro atoms. The lowest BCUT2D eigenvalue weighted by Gasteiger charge is -2.26. The van der Waals surface area contributed by atoms with Gasteiger partial charge in [0.2, 0.25) is 10.0 Å². The number of hydrogen-bond acceptors (Lipinski definition) is 4. The van der Waals surface area contributed by atoms with Crippen LogP contribution in [0.2, 0.25) is 0 Å². The molecule has 0 atom stereocenters. The number of hydrogen-bond donors (Lipinski definition) is 1. The van der Waals surface area contributed by atoms with Crippen LogP contribution in [0.4, 0.5) is 18.9 Å². The zero-order chi connectivity index (χ0) is 20.4. The van der Waals surface area contributed by atoms with Gasteiger partial charge in [-0.3, -0.25) is 4.79 Å². The number of rotatable bonds is 4. The number of morpholine rings is 1. The number of halogens is 3. The van der Waals surface area contributed by atoms with Crippen molar-refractivity contribution in [2.75, 3.05) is 31.6 Å². The number of ether oxygens (including phenoxy) is 1. The maximum absolute atomic E-state index is 12.7. The SMILES string of the molecule is O=C(Nc1cccc(S(=O)(=O)N2CCOCC2)c1)c1ccc(C(F)(F)F)cc1. The predicted molar refractivity (Wildman–Crippen MR) is 95.4 cm³/mol. The van der Waals surface area contributed by atoms with Crippen LogP contribution >= 0.6 is 0 Å². The number of carbonyl (C=O) groups excluding carboxylic acids is 1. The fraction of sp³-hybridized carbons (Fsp3) is 0.278. The Balaban J connectivity index is 1.76. The van der Waals surface area contributed by atoms with E-state index >= 15 is 0 Å². The molecule has 1 aliphatic rings. The summed E-state index contributed by atoms with van der Waals surface area (Å²) in [4.78, 5) is 12.3. The highest BCUT2D eigenvalue weighted by molar-refractivity contribution is 7.89. The van der Waals surface area contributed by atoms with Gasteiger partial charge in [0.1, 0.15) is 0 Å². The van der Waals surface area contributed by atoms with Gasteiger partial charge < -0.3 is 10.1 Å². The van der Waals surface area contributed by atoms with Crippen LogP contribution in [0.5, 0.6) is 0 Å². The smallest absolute Gasteiger partial charge is 0.379 e. The van der Waals surface area contributed by atoms with Crippen molar-refractivity contribution in [3.8, 4) is 0 Å². The largest absolute Gasteiger partial charge is 0.416 e. The lowest BCUT2D eigenvalue weighted by Crippen LogP contribution is -2.40. The molecule has 1 heterocycles. The van der Waals surface area contributed by atoms with Crippen LogP contribution in [0.15, 0.2) is 53.4 Å². The Bertz CT molecular complexity index is 954. The molecule has 1 N–H and O–H groups in total. The highest BCUT2D eigenvalue weighted by Gasteiger charge is 2.30. The molecular weight excluding hydrogens is 397 g/mol. The van der Waals surface area contributed by atoms with Gasteiger partial charge in [-0.2, -0.15) is 17.5 Å². The summed E-state index contributed by atoms with van der Waals surface area (Å²) in [6.45, 7) is 1.10. The molecular formula is C18H17F3N2O4S. The second-order valence-electron chi connectivity index (χ2n) is 6.07. The lowest BCUT2D eigenvalue weighted by atomic mass is 10.1. The summed E-state index contributed by atoms with van der Waals surface area (Å²) in [6.07, 6.45) is -4.49. The van der Waals surface area contributed by atoms with Crippen LogP contribution in [0.25, 0.3) is 0 Å². The van der Waals surface area contributed by atoms with Gasteiger partial charge in [-0.25, -0.2) is 8.42 Å². The van der Waals surface area contributed by atoms with Gasteiger partial charge in [0, 0.05) is 24.3 Å². The number of nitrogens with zero attached hydrogens (tertiary/aromatic N) is 1. The second kappa shape index (κ2) is 7.90. The average Bonchev–Trinajstić information content (AvgIpc) is 2.68. The fourth-order valence-corrected chi connectivity index (χ4v) is 4.14. The molecule has 2 aromatic rings. The number of amides is 1. The van der Waals surface area contributed by atoms with Crippen molar-refractivity contribution in [3.63, 3.8) is 0 Å². The van der Waals surface area contributed by atoms with Crippen molar-refractivity contribution >= 4 is 21.6 Å². The number of anilines is 1. The Labute approximate surface area is 160 Å². The zero-order valence-corrected chi connectivity index (χ0v) is 15.4. The number of nitrogens with one attached hydrogen (secondary N) is 1. The third-order valence-corrected chi connectivity index (χ3v) is 6.07. The molecule has 0 saturated carbocycles. The quantitative estimate of drug-likeness (QED) is 0.835. The minimum absolute atomic E-state index is 0.0135. The number of carbonyl (C=O) groups is 1. The van der Waals surface area contributed by atoms with Gasteiger partial charge in [0.25, 0.3) is 5.91 Å². The minimum Gasteiger partial charge on any atom is -0.379 e. The number of alkyl halides is 3. The molecule has 150 valence electrons. The molecule has 0 unspecified atom stereocenters. The number of sulfonamides is 1. The highest BCUT2D eigenvalue weighted by atomic mass is 32.2. The van der Waals surface area contributed by atoms with Crippen LogP contribution in [-0.4, -0.2) is 44.9 Å². The molecule has 10 heteroatoms. The predicted octanol–water partition coefficient (Wildman–Crippen LogP) is 2.98. The van der Waals surface area contributed by atoms with E-state index in [1.807, 2.05) is 0 Å². The Hall–Kier alpha value is -2.43. The van der Waals surface area contributed by atoms with Gasteiger partial charge in [0.15, 0.2) is 0 Å². The summed E-state index contributed by atoms with van der Waals surface area (Å²) in [5.41, 5.74) is -0.615. The van der Waals surface area contributed by atoms with E-state index < -0.39 is 27.7 Å². The first-order chi connectivity index (χ1) is 13.2. The first-order valence-electron chi connectivity index (χ1n) is 8.34. The Morgan fingerprint density at radius 1 is 1.04 bits per heavy atom. The van der Waals surface area contributed by atoms with Crippen LogP contribution in [-0.2, 0) is 20.9 Å². The van der Waals surface area contributed by atoms with Gasteiger partial charge in [0.05, 0.1) is 23.7 Å². The van der Waals surface area contributed by atoms with Crippen LogP contribution in [0.1, 0.15) is 15.9 Å². The summed E-state index contributed by atoms with van der Waals surface area (Å²) in [6, 6.07) is 9.46. The van der Waals surface area contributed by atoms with E-state index in [0.29, 0.717) is 13.2 Å². The van der Waals surface area contributed by atoms with Gasteiger partial charge in [-0.05, 0) is 42.5 Å². The van der Waals surface area contributed by atoms with Crippen LogP contribution in [0, 0.1) is 0 Å². The number of benzene rings is 2. The van der Waals surface area contributed by atoms with E-state index in [-0.39, 0.29) is 29.2 Å². The summed E-state index contributed by atoms with van der Waals surface area (Å²) >= 11 is 0. The van der Waals surface area contributed by atoms with Crippen molar-refractivity contribution in [2.45, 2.75) is 11.1 Å². The fourth-order valence-electron chi connectivity index (χ4n) is 2.68. The summed E-state index contributed by atoms with van der Waals surface area (Å²) < 4.78 is 69.6. The average molecular weight is 414 g/mol. The molecule has 28 heavy (non-hydrogen) atoms. The van der Waals surface area contributed by atoms with E-state index in [4.69, 9.17) is 4.74 Å². The van der Waals surface area contributed by atoms with Gasteiger partial charge >= 0.3 is 6.18 Å². The van der Waals surface area contributed by atoms with E-state index in [0.717, 1.165) is 24.3 Å². The third kappa shape index (κ3) is 4.51. The van der Waals surface area contributed by atoms with Crippen LogP contribution in [0.3, 0.4) is 0 Å². The summed E-state index contributed by atoms with van der Waals surface area (Å²) in [5.74, 6) is -0.644. The molecule has 1 fully saturated rings. The topological polar surface area (TPSA) is 75.7 Å². The minimum atomic E-state index is -4.49. The Kier molecular flexibility index (Phi) is 5.73. The van der Waals surface area contributed by atoms with Crippen molar-refractivity contribution < 1.29 is 31.1 Å². The van der Waals surface area contributed by atoms with Gasteiger partial charge in [-0.1, -0.05) is 6.07 Å². The summed E-state index contributed by atoms with van der Waals surface area (Å²) in [5, 5.41) is 2.50. The van der Waals surface area contributed by atoms with Crippen LogP contribution < -0.4 is 5.32 Å². The lowest BCUT2D eigenvalue weighted by molar-refractivity contribution is -0.137. The van der Waals surface area contributed by atoms with E-state index in [1.54, 1.807) is 0 Å². The van der Waals surface area contributed by atoms with Gasteiger partial charge in [-0.15, -0.1) is 0 Å². The molecule has 0 bridgehead atoms. The molecule has 1 aliphatic heterocycles. The standard InChI is InChI=1S/C18H17F3N2O4S/c19-18(20,21)14-6-4-13(5-7-14)17(24)22-15-2-1-3-16(12-15)28(25,26)23-8-10-27-11-9-23/h1-7,12H,8-11H2,(H,22,24). The second-order valence-corrected chi connectivity index (χ2v) is 8.01. The molecule has 0 aromatic heterocycles. The molecule has 1 amide bonds. The Morgan fingerprint density at radius 3 is 2.29 bits per heavy atom. The van der Waals surface area contributed by atoms with E-state index in [2.05, 4.69) is 5.32 Å². The first kappa shape index (κ1) is 20.3. The monoisotopic (exact) mass is 414 g/mol. The molecule has 6 nitrogen and oxygen atoms in total.